The zero-order chi connectivity index (χ0) is 14.9. The standard InChI is InChI=1S/C17H25NO3/c1-12(18)17(8-9-17)14-4-3-5-15(16(14)19-2)21-13-6-10-20-11-7-13/h3-5,12-13H,6-11,18H2,1-2H3. The van der Waals surface area contributed by atoms with Crippen LogP contribution in [-0.4, -0.2) is 32.5 Å². The van der Waals surface area contributed by atoms with Gasteiger partial charge in [-0.25, -0.2) is 0 Å². The molecule has 1 saturated carbocycles. The lowest BCUT2D eigenvalue weighted by atomic mass is 9.88. The summed E-state index contributed by atoms with van der Waals surface area (Å²) in [6, 6.07) is 6.31. The molecule has 2 aliphatic rings. The first-order valence-electron chi connectivity index (χ1n) is 7.85. The van der Waals surface area contributed by atoms with E-state index < -0.39 is 0 Å². The van der Waals surface area contributed by atoms with Crippen molar-refractivity contribution in [2.75, 3.05) is 20.3 Å². The van der Waals surface area contributed by atoms with E-state index in [-0.39, 0.29) is 17.6 Å². The lowest BCUT2D eigenvalue weighted by Gasteiger charge is -2.27. The summed E-state index contributed by atoms with van der Waals surface area (Å²) in [6.45, 7) is 3.63. The Labute approximate surface area is 126 Å². The second-order valence-electron chi connectivity index (χ2n) is 6.21. The number of ether oxygens (including phenoxy) is 3. The van der Waals surface area contributed by atoms with E-state index >= 15 is 0 Å². The summed E-state index contributed by atoms with van der Waals surface area (Å²) in [6.07, 6.45) is 4.34. The predicted octanol–water partition coefficient (Wildman–Crippen LogP) is 2.63. The molecule has 1 saturated heterocycles. The quantitative estimate of drug-likeness (QED) is 0.906. The predicted molar refractivity (Wildman–Crippen MR) is 82.0 cm³/mol. The fourth-order valence-electron chi connectivity index (χ4n) is 3.29. The number of hydrogen-bond donors (Lipinski definition) is 1. The van der Waals surface area contributed by atoms with Crippen LogP contribution in [0, 0.1) is 0 Å². The smallest absolute Gasteiger partial charge is 0.164 e. The third-order valence-electron chi connectivity index (χ3n) is 4.84. The molecule has 1 aliphatic heterocycles. The summed E-state index contributed by atoms with van der Waals surface area (Å²) < 4.78 is 17.2. The van der Waals surface area contributed by atoms with Gasteiger partial charge in [-0.05, 0) is 25.8 Å². The average Bonchev–Trinajstić information content (AvgIpc) is 3.30. The van der Waals surface area contributed by atoms with Crippen LogP contribution in [0.3, 0.4) is 0 Å². The molecule has 0 aromatic heterocycles. The van der Waals surface area contributed by atoms with Crippen molar-refractivity contribution in [2.45, 2.75) is 50.2 Å². The molecule has 1 atom stereocenters. The van der Waals surface area contributed by atoms with Crippen LogP contribution in [0.1, 0.15) is 38.2 Å². The van der Waals surface area contributed by atoms with Crippen molar-refractivity contribution < 1.29 is 14.2 Å². The van der Waals surface area contributed by atoms with Gasteiger partial charge in [0.05, 0.1) is 20.3 Å². The summed E-state index contributed by atoms with van der Waals surface area (Å²) >= 11 is 0. The molecule has 1 unspecified atom stereocenters. The molecule has 0 amide bonds. The monoisotopic (exact) mass is 291 g/mol. The highest BCUT2D eigenvalue weighted by Crippen LogP contribution is 2.55. The van der Waals surface area contributed by atoms with Crippen molar-refractivity contribution >= 4 is 0 Å². The highest BCUT2D eigenvalue weighted by Gasteiger charge is 2.49. The van der Waals surface area contributed by atoms with Gasteiger partial charge in [-0.15, -0.1) is 0 Å². The van der Waals surface area contributed by atoms with E-state index in [1.54, 1.807) is 7.11 Å². The maximum atomic E-state index is 6.21. The molecule has 1 aromatic carbocycles. The molecule has 0 radical (unpaired) electrons. The van der Waals surface area contributed by atoms with Crippen LogP contribution in [0.2, 0.25) is 0 Å². The Bertz CT molecular complexity index is 491. The van der Waals surface area contributed by atoms with Gasteiger partial charge < -0.3 is 19.9 Å². The molecule has 4 heteroatoms. The number of para-hydroxylation sites is 1. The Morgan fingerprint density at radius 1 is 1.29 bits per heavy atom. The van der Waals surface area contributed by atoms with E-state index in [1.807, 2.05) is 6.07 Å². The Morgan fingerprint density at radius 3 is 2.57 bits per heavy atom. The number of methoxy groups -OCH3 is 1. The number of nitrogens with two attached hydrogens (primary N) is 1. The van der Waals surface area contributed by atoms with Gasteiger partial charge in [-0.2, -0.15) is 0 Å². The Balaban J connectivity index is 1.87. The van der Waals surface area contributed by atoms with Crippen molar-refractivity contribution in [1.82, 2.24) is 0 Å². The molecule has 1 aliphatic carbocycles. The molecule has 0 bridgehead atoms. The van der Waals surface area contributed by atoms with Crippen LogP contribution < -0.4 is 15.2 Å². The van der Waals surface area contributed by atoms with Gasteiger partial charge in [0.25, 0.3) is 0 Å². The molecular weight excluding hydrogens is 266 g/mol. The molecule has 4 nitrogen and oxygen atoms in total. The second kappa shape index (κ2) is 5.85. The normalized spacial score (nSPS) is 22.6. The zero-order valence-electron chi connectivity index (χ0n) is 12.9. The van der Waals surface area contributed by atoms with Gasteiger partial charge in [-0.1, -0.05) is 12.1 Å². The Hall–Kier alpha value is -1.26. The van der Waals surface area contributed by atoms with E-state index in [2.05, 4.69) is 19.1 Å². The van der Waals surface area contributed by atoms with E-state index in [0.29, 0.717) is 0 Å². The van der Waals surface area contributed by atoms with Gasteiger partial charge in [0.1, 0.15) is 6.10 Å². The topological polar surface area (TPSA) is 53.7 Å². The molecule has 3 rings (SSSR count). The van der Waals surface area contributed by atoms with Gasteiger partial charge in [0.15, 0.2) is 11.5 Å². The minimum absolute atomic E-state index is 0.0698. The van der Waals surface area contributed by atoms with Crippen molar-refractivity contribution in [3.63, 3.8) is 0 Å². The summed E-state index contributed by atoms with van der Waals surface area (Å²) in [5, 5.41) is 0. The molecule has 116 valence electrons. The van der Waals surface area contributed by atoms with Gasteiger partial charge in [0.2, 0.25) is 0 Å². The van der Waals surface area contributed by atoms with Crippen LogP contribution >= 0.6 is 0 Å². The highest BCUT2D eigenvalue weighted by molar-refractivity contribution is 5.53. The molecule has 2 fully saturated rings. The molecule has 2 N–H and O–H groups in total. The first-order chi connectivity index (χ1) is 10.2. The van der Waals surface area contributed by atoms with E-state index in [4.69, 9.17) is 19.9 Å². The average molecular weight is 291 g/mol. The summed E-state index contributed by atoms with van der Waals surface area (Å²) in [4.78, 5) is 0. The zero-order valence-corrected chi connectivity index (χ0v) is 12.9. The van der Waals surface area contributed by atoms with Crippen LogP contribution in [-0.2, 0) is 10.2 Å². The molecular formula is C17H25NO3. The van der Waals surface area contributed by atoms with Crippen LogP contribution in [0.25, 0.3) is 0 Å². The van der Waals surface area contributed by atoms with Crippen LogP contribution in [0.15, 0.2) is 18.2 Å². The third-order valence-corrected chi connectivity index (χ3v) is 4.84. The first-order valence-corrected chi connectivity index (χ1v) is 7.85. The summed E-state index contributed by atoms with van der Waals surface area (Å²) in [5.74, 6) is 1.70. The summed E-state index contributed by atoms with van der Waals surface area (Å²) in [5.41, 5.74) is 7.48. The fourth-order valence-corrected chi connectivity index (χ4v) is 3.29. The maximum absolute atomic E-state index is 6.21. The van der Waals surface area contributed by atoms with Gasteiger partial charge in [-0.3, -0.25) is 0 Å². The van der Waals surface area contributed by atoms with E-state index in [0.717, 1.165) is 50.4 Å². The van der Waals surface area contributed by atoms with E-state index in [9.17, 15) is 0 Å². The van der Waals surface area contributed by atoms with Crippen molar-refractivity contribution in [1.29, 1.82) is 0 Å². The maximum Gasteiger partial charge on any atom is 0.164 e. The lowest BCUT2D eigenvalue weighted by molar-refractivity contribution is 0.0244. The lowest BCUT2D eigenvalue weighted by Crippen LogP contribution is -2.32. The largest absolute Gasteiger partial charge is 0.493 e. The highest BCUT2D eigenvalue weighted by atomic mass is 16.5. The third kappa shape index (κ3) is 2.74. The minimum atomic E-state index is 0.0698. The van der Waals surface area contributed by atoms with Crippen molar-refractivity contribution in [3.8, 4) is 11.5 Å². The van der Waals surface area contributed by atoms with Crippen molar-refractivity contribution in [3.05, 3.63) is 23.8 Å². The number of hydrogen-bond acceptors (Lipinski definition) is 4. The summed E-state index contributed by atoms with van der Waals surface area (Å²) in [7, 11) is 1.72. The second-order valence-corrected chi connectivity index (χ2v) is 6.21. The minimum Gasteiger partial charge on any atom is -0.493 e. The molecule has 1 aromatic rings. The molecule has 1 heterocycles. The van der Waals surface area contributed by atoms with Gasteiger partial charge >= 0.3 is 0 Å². The fraction of sp³-hybridized carbons (Fsp3) is 0.647. The number of benzene rings is 1. The van der Waals surface area contributed by atoms with Crippen molar-refractivity contribution in [2.24, 2.45) is 5.73 Å². The Kier molecular flexibility index (Phi) is 4.09. The Morgan fingerprint density at radius 2 is 2.00 bits per heavy atom. The molecule has 21 heavy (non-hydrogen) atoms. The van der Waals surface area contributed by atoms with Crippen LogP contribution in [0.5, 0.6) is 11.5 Å². The molecule has 0 spiro atoms. The first kappa shape index (κ1) is 14.7. The SMILES string of the molecule is COc1c(OC2CCOCC2)cccc1C1(C(C)N)CC1. The van der Waals surface area contributed by atoms with E-state index in [1.165, 1.54) is 5.56 Å². The number of rotatable bonds is 5. The van der Waals surface area contributed by atoms with Crippen LogP contribution in [0.4, 0.5) is 0 Å². The van der Waals surface area contributed by atoms with Gasteiger partial charge in [0, 0.05) is 29.9 Å².